The maximum absolute atomic E-state index is 13.0. The number of rotatable bonds is 8. The quantitative estimate of drug-likeness (QED) is 0.334. The van der Waals surface area contributed by atoms with Crippen LogP contribution in [0.15, 0.2) is 71.2 Å². The van der Waals surface area contributed by atoms with Crippen molar-refractivity contribution >= 4 is 12.0 Å². The highest BCUT2D eigenvalue weighted by molar-refractivity contribution is 5.97. The van der Waals surface area contributed by atoms with Gasteiger partial charge >= 0.3 is 0 Å². The molecule has 1 aromatic carbocycles. The van der Waals surface area contributed by atoms with Crippen molar-refractivity contribution in [1.82, 2.24) is 9.80 Å². The summed E-state index contributed by atoms with van der Waals surface area (Å²) >= 11 is 0. The number of hydrogen-bond acceptors (Lipinski definition) is 5. The summed E-state index contributed by atoms with van der Waals surface area (Å²) in [6.45, 7) is 18.5. The van der Waals surface area contributed by atoms with E-state index in [2.05, 4.69) is 46.4 Å². The van der Waals surface area contributed by atoms with Crippen molar-refractivity contribution in [3.8, 4) is 5.75 Å². The van der Waals surface area contributed by atoms with Gasteiger partial charge in [0.2, 0.25) is 0 Å². The van der Waals surface area contributed by atoms with Crippen LogP contribution >= 0.6 is 0 Å². The van der Waals surface area contributed by atoms with Gasteiger partial charge < -0.3 is 25.0 Å². The summed E-state index contributed by atoms with van der Waals surface area (Å²) in [5.74, 6) is 1.99. The minimum Gasteiger partial charge on any atom is -0.497 e. The van der Waals surface area contributed by atoms with Gasteiger partial charge in [0.05, 0.1) is 19.4 Å². The maximum atomic E-state index is 13.0. The van der Waals surface area contributed by atoms with E-state index in [9.17, 15) is 4.79 Å². The van der Waals surface area contributed by atoms with E-state index in [1.807, 2.05) is 54.1 Å². The van der Waals surface area contributed by atoms with Gasteiger partial charge in [-0.3, -0.25) is 4.79 Å². The number of carbonyl (C=O) groups is 1. The van der Waals surface area contributed by atoms with Crippen LogP contribution in [-0.2, 0) is 9.53 Å². The SMILES string of the molecule is C=C1C=C(C(=O)N2CCCC(N)C2)C=CN1/C(COC)=C(C)/C(C)=C/c1ccc(OC)cc1C.CC.CCC1CC1. The lowest BCUT2D eigenvalue weighted by atomic mass is 9.99. The number of nitrogens with two attached hydrogens (primary N) is 1. The Bertz CT molecular complexity index is 1160. The molecule has 1 saturated carbocycles. The summed E-state index contributed by atoms with van der Waals surface area (Å²) in [5.41, 5.74) is 12.9. The molecule has 1 saturated heterocycles. The molecule has 6 heteroatoms. The van der Waals surface area contributed by atoms with Crippen molar-refractivity contribution in [3.63, 3.8) is 0 Å². The zero-order chi connectivity index (χ0) is 30.5. The number of ether oxygens (including phenoxy) is 2. The van der Waals surface area contributed by atoms with E-state index in [0.717, 1.165) is 64.7 Å². The third-order valence-electron chi connectivity index (χ3n) is 7.75. The summed E-state index contributed by atoms with van der Waals surface area (Å²) in [7, 11) is 3.36. The van der Waals surface area contributed by atoms with Gasteiger partial charge in [-0.05, 0) is 86.1 Å². The largest absolute Gasteiger partial charge is 0.497 e. The second kappa shape index (κ2) is 17.0. The fraction of sp³-hybridized carbons (Fsp3) is 0.514. The molecule has 226 valence electrons. The number of likely N-dealkylation sites (tertiary alicyclic amines) is 1. The van der Waals surface area contributed by atoms with Crippen LogP contribution in [0.5, 0.6) is 5.75 Å². The molecule has 2 heterocycles. The van der Waals surface area contributed by atoms with Crippen molar-refractivity contribution in [2.24, 2.45) is 11.7 Å². The molecule has 1 amide bonds. The highest BCUT2D eigenvalue weighted by atomic mass is 16.5. The molecule has 2 N–H and O–H groups in total. The molecule has 1 unspecified atom stereocenters. The standard InChI is InChI=1S/C28H37N3O3.C5H10.C2H6/c1-19(14-23-9-10-26(34-6)15-20(23)2)22(4)27(18-33-5)31-13-11-24(16-21(31)3)28(32)30-12-7-8-25(29)17-30;1-2-5-3-4-5;1-2/h9-11,13-16,25H,3,7-8,12,17-18,29H2,1-2,4-6H3;5H,2-4H2,1H3;1-2H3/b19-14+,27-22+;;. The van der Waals surface area contributed by atoms with Gasteiger partial charge in [-0.2, -0.15) is 0 Å². The van der Waals surface area contributed by atoms with Crippen molar-refractivity contribution in [2.45, 2.75) is 79.7 Å². The number of carbonyl (C=O) groups excluding carboxylic acids is 1. The van der Waals surface area contributed by atoms with E-state index in [1.54, 1.807) is 14.2 Å². The molecule has 41 heavy (non-hydrogen) atoms. The monoisotopic (exact) mass is 563 g/mol. The second-order valence-corrected chi connectivity index (χ2v) is 10.8. The lowest BCUT2D eigenvalue weighted by molar-refractivity contribution is -0.127. The average molecular weight is 564 g/mol. The first kappa shape index (κ1) is 34.1. The molecular weight excluding hydrogens is 510 g/mol. The first-order valence-corrected chi connectivity index (χ1v) is 15.1. The zero-order valence-electron chi connectivity index (χ0n) is 26.8. The van der Waals surface area contributed by atoms with E-state index < -0.39 is 0 Å². The van der Waals surface area contributed by atoms with Gasteiger partial charge in [0.25, 0.3) is 5.91 Å². The zero-order valence-corrected chi connectivity index (χ0v) is 26.8. The van der Waals surface area contributed by atoms with Crippen molar-refractivity contribution < 1.29 is 14.3 Å². The number of aryl methyl sites for hydroxylation is 1. The second-order valence-electron chi connectivity index (χ2n) is 10.8. The lowest BCUT2D eigenvalue weighted by Crippen LogP contribution is -2.46. The fourth-order valence-electron chi connectivity index (χ4n) is 4.85. The average Bonchev–Trinajstić information content (AvgIpc) is 3.83. The van der Waals surface area contributed by atoms with Crippen LogP contribution in [0, 0.1) is 12.8 Å². The van der Waals surface area contributed by atoms with Crippen molar-refractivity contribution in [1.29, 1.82) is 0 Å². The van der Waals surface area contributed by atoms with Crippen LogP contribution in [0.4, 0.5) is 0 Å². The van der Waals surface area contributed by atoms with Crippen molar-refractivity contribution in [3.05, 3.63) is 82.4 Å². The summed E-state index contributed by atoms with van der Waals surface area (Å²) in [6, 6.07) is 6.11. The minimum absolute atomic E-state index is 0.00671. The van der Waals surface area contributed by atoms with Gasteiger partial charge in [-0.15, -0.1) is 0 Å². The summed E-state index contributed by atoms with van der Waals surface area (Å²) in [6.07, 6.45) is 14.1. The van der Waals surface area contributed by atoms with E-state index in [-0.39, 0.29) is 11.9 Å². The molecule has 0 spiro atoms. The van der Waals surface area contributed by atoms with Crippen LogP contribution in [0.25, 0.3) is 6.08 Å². The van der Waals surface area contributed by atoms with Crippen LogP contribution in [-0.4, -0.2) is 55.7 Å². The summed E-state index contributed by atoms with van der Waals surface area (Å²) in [5, 5.41) is 0. The Morgan fingerprint density at radius 2 is 1.88 bits per heavy atom. The van der Waals surface area contributed by atoms with Crippen LogP contribution in [0.3, 0.4) is 0 Å². The molecule has 0 radical (unpaired) electrons. The van der Waals surface area contributed by atoms with Gasteiger partial charge in [0.15, 0.2) is 0 Å². The molecule has 0 aromatic heterocycles. The minimum atomic E-state index is 0.00671. The Hall–Kier alpha value is -3.09. The first-order valence-electron chi connectivity index (χ1n) is 15.1. The number of piperidine rings is 1. The van der Waals surface area contributed by atoms with Gasteiger partial charge in [0, 0.05) is 43.7 Å². The van der Waals surface area contributed by atoms with Crippen molar-refractivity contribution in [2.75, 3.05) is 33.9 Å². The first-order chi connectivity index (χ1) is 19.7. The third-order valence-corrected chi connectivity index (χ3v) is 7.75. The lowest BCUT2D eigenvalue weighted by Gasteiger charge is -2.33. The summed E-state index contributed by atoms with van der Waals surface area (Å²) < 4.78 is 10.9. The Balaban J connectivity index is 0.000000743. The molecule has 2 aliphatic heterocycles. The Labute approximate surface area is 249 Å². The summed E-state index contributed by atoms with van der Waals surface area (Å²) in [4.78, 5) is 16.8. The normalized spacial score (nSPS) is 19.3. The highest BCUT2D eigenvalue weighted by Crippen LogP contribution is 2.31. The van der Waals surface area contributed by atoms with E-state index in [0.29, 0.717) is 18.7 Å². The fourth-order valence-corrected chi connectivity index (χ4v) is 4.85. The maximum Gasteiger partial charge on any atom is 0.254 e. The number of allylic oxidation sites excluding steroid dienone is 3. The highest BCUT2D eigenvalue weighted by Gasteiger charge is 2.25. The Kier molecular flexibility index (Phi) is 14.1. The molecule has 3 aliphatic rings. The number of amides is 1. The van der Waals surface area contributed by atoms with Crippen LogP contribution < -0.4 is 10.5 Å². The number of nitrogens with zero attached hydrogens (tertiary/aromatic N) is 2. The molecular formula is C35H53N3O3. The molecule has 1 atom stereocenters. The number of benzene rings is 1. The number of methoxy groups -OCH3 is 2. The molecule has 2 fully saturated rings. The molecule has 0 bridgehead atoms. The van der Waals surface area contributed by atoms with Gasteiger partial charge in [-0.1, -0.05) is 58.8 Å². The van der Waals surface area contributed by atoms with Gasteiger partial charge in [-0.25, -0.2) is 0 Å². The van der Waals surface area contributed by atoms with E-state index in [4.69, 9.17) is 15.2 Å². The third kappa shape index (κ3) is 10.0. The topological polar surface area (TPSA) is 68.0 Å². The molecule has 1 aromatic rings. The molecule has 6 nitrogen and oxygen atoms in total. The molecule has 1 aliphatic carbocycles. The predicted octanol–water partition coefficient (Wildman–Crippen LogP) is 7.38. The van der Waals surface area contributed by atoms with Gasteiger partial charge in [0.1, 0.15) is 5.75 Å². The van der Waals surface area contributed by atoms with E-state index >= 15 is 0 Å². The number of hydrogen-bond donors (Lipinski definition) is 1. The smallest absolute Gasteiger partial charge is 0.254 e. The van der Waals surface area contributed by atoms with Crippen LogP contribution in [0.1, 0.15) is 77.8 Å². The molecule has 4 rings (SSSR count). The van der Waals surface area contributed by atoms with E-state index in [1.165, 1.54) is 19.3 Å². The van der Waals surface area contributed by atoms with Crippen LogP contribution in [0.2, 0.25) is 0 Å². The Morgan fingerprint density at radius 3 is 2.39 bits per heavy atom. The predicted molar refractivity (Wildman–Crippen MR) is 172 cm³/mol. The Morgan fingerprint density at radius 1 is 1.17 bits per heavy atom.